The van der Waals surface area contributed by atoms with Crippen molar-refractivity contribution in [2.45, 2.75) is 34.3 Å². The van der Waals surface area contributed by atoms with Crippen molar-refractivity contribution in [1.82, 2.24) is 0 Å². The normalized spacial score (nSPS) is 9.31. The average molecular weight is 248 g/mol. The number of benzene rings is 1. The molecule has 5 heteroatoms. The molecule has 0 aliphatic rings. The molecule has 94 valence electrons. The highest BCUT2D eigenvalue weighted by molar-refractivity contribution is 7.80. The van der Waals surface area contributed by atoms with Crippen molar-refractivity contribution < 1.29 is 17.2 Å². The molecule has 0 aliphatic carbocycles. The molecule has 0 fully saturated rings. The molecule has 0 unspecified atom stereocenters. The van der Waals surface area contributed by atoms with Gasteiger partial charge in [0.15, 0.2) is 0 Å². The van der Waals surface area contributed by atoms with E-state index in [1.165, 1.54) is 0 Å². The Balaban J connectivity index is 0. The first-order valence-electron chi connectivity index (χ1n) is 5.24. The molecule has 0 aromatic heterocycles. The lowest BCUT2D eigenvalue weighted by molar-refractivity contribution is 0.259. The van der Waals surface area contributed by atoms with Gasteiger partial charge in [-0.25, -0.2) is 4.18 Å². The van der Waals surface area contributed by atoms with Gasteiger partial charge in [0.2, 0.25) is 0 Å². The first-order chi connectivity index (χ1) is 7.58. The van der Waals surface area contributed by atoms with Crippen molar-refractivity contribution in [1.29, 1.82) is 0 Å². The Hall–Kier alpha value is -0.910. The summed E-state index contributed by atoms with van der Waals surface area (Å²) in [5.74, 6) is 0. The van der Waals surface area contributed by atoms with Crippen LogP contribution in [-0.4, -0.2) is 13.0 Å². The minimum atomic E-state index is -4.32. The van der Waals surface area contributed by atoms with Crippen LogP contribution < -0.4 is 0 Å². The molecule has 0 atom stereocenters. The molecule has 0 spiro atoms. The third-order valence-electron chi connectivity index (χ3n) is 1.22. The van der Waals surface area contributed by atoms with Crippen molar-refractivity contribution >= 4 is 10.4 Å². The zero-order chi connectivity index (χ0) is 13.0. The molecule has 0 bridgehead atoms. The molecular formula is C11H20O4S. The summed E-state index contributed by atoms with van der Waals surface area (Å²) in [4.78, 5) is 0. The highest BCUT2D eigenvalue weighted by atomic mass is 32.3. The lowest BCUT2D eigenvalue weighted by Gasteiger charge is -1.98. The SMILES string of the molecule is CC.CC.O=S(=O)(O)OCc1ccccc1. The second kappa shape index (κ2) is 10.6. The quantitative estimate of drug-likeness (QED) is 0.835. The Morgan fingerprint density at radius 3 is 1.88 bits per heavy atom. The van der Waals surface area contributed by atoms with Crippen molar-refractivity contribution in [3.8, 4) is 0 Å². The Kier molecular flexibility index (Phi) is 11.6. The molecule has 16 heavy (non-hydrogen) atoms. The van der Waals surface area contributed by atoms with Crippen LogP contribution in [0.25, 0.3) is 0 Å². The van der Waals surface area contributed by atoms with Gasteiger partial charge in [-0.05, 0) is 5.56 Å². The van der Waals surface area contributed by atoms with Gasteiger partial charge >= 0.3 is 10.4 Å². The Bertz CT molecular complexity index is 332. The Labute approximate surface area is 98.2 Å². The van der Waals surface area contributed by atoms with Crippen LogP contribution in [0.3, 0.4) is 0 Å². The molecule has 0 heterocycles. The minimum Gasteiger partial charge on any atom is -0.264 e. The minimum absolute atomic E-state index is 0.139. The van der Waals surface area contributed by atoms with Crippen molar-refractivity contribution in [2.75, 3.05) is 0 Å². The summed E-state index contributed by atoms with van der Waals surface area (Å²) in [7, 11) is -4.32. The molecule has 0 saturated carbocycles. The topological polar surface area (TPSA) is 63.6 Å². The van der Waals surface area contributed by atoms with Gasteiger partial charge in [0.05, 0.1) is 6.61 Å². The molecule has 1 aromatic carbocycles. The Morgan fingerprint density at radius 2 is 1.50 bits per heavy atom. The largest absolute Gasteiger partial charge is 0.397 e. The van der Waals surface area contributed by atoms with Gasteiger partial charge in [-0.2, -0.15) is 8.42 Å². The van der Waals surface area contributed by atoms with Gasteiger partial charge in [0.1, 0.15) is 0 Å². The lowest BCUT2D eigenvalue weighted by atomic mass is 10.2. The zero-order valence-electron chi connectivity index (χ0n) is 10.2. The van der Waals surface area contributed by atoms with Crippen LogP contribution in [0.1, 0.15) is 33.3 Å². The standard InChI is InChI=1S/C7H8O4S.2C2H6/c8-12(9,10)11-6-7-4-2-1-3-5-7;2*1-2/h1-5H,6H2,(H,8,9,10);2*1-2H3. The van der Waals surface area contributed by atoms with Crippen LogP contribution in [0, 0.1) is 0 Å². The van der Waals surface area contributed by atoms with Gasteiger partial charge < -0.3 is 0 Å². The molecule has 0 amide bonds. The monoisotopic (exact) mass is 248 g/mol. The van der Waals surface area contributed by atoms with E-state index in [0.29, 0.717) is 5.56 Å². The molecule has 0 aliphatic heterocycles. The highest BCUT2D eigenvalue weighted by Crippen LogP contribution is 2.01. The van der Waals surface area contributed by atoms with Crippen LogP contribution in [0.4, 0.5) is 0 Å². The van der Waals surface area contributed by atoms with E-state index in [9.17, 15) is 8.42 Å². The van der Waals surface area contributed by atoms with Crippen LogP contribution in [0.2, 0.25) is 0 Å². The first kappa shape index (κ1) is 17.5. The number of rotatable bonds is 3. The van der Waals surface area contributed by atoms with E-state index < -0.39 is 10.4 Å². The smallest absolute Gasteiger partial charge is 0.264 e. The van der Waals surface area contributed by atoms with Gasteiger partial charge in [-0.15, -0.1) is 0 Å². The van der Waals surface area contributed by atoms with E-state index in [0.717, 1.165) is 0 Å². The fraction of sp³-hybridized carbons (Fsp3) is 0.455. The van der Waals surface area contributed by atoms with Crippen LogP contribution in [-0.2, 0) is 21.2 Å². The lowest BCUT2D eigenvalue weighted by Crippen LogP contribution is -2.03. The summed E-state index contributed by atoms with van der Waals surface area (Å²) < 4.78 is 32.6. The van der Waals surface area contributed by atoms with Crippen LogP contribution in [0.15, 0.2) is 30.3 Å². The van der Waals surface area contributed by atoms with E-state index >= 15 is 0 Å². The molecule has 1 aromatic rings. The summed E-state index contributed by atoms with van der Waals surface area (Å²) in [5, 5.41) is 0. The maximum atomic E-state index is 10.1. The second-order valence-electron chi connectivity index (χ2n) is 2.18. The van der Waals surface area contributed by atoms with E-state index in [2.05, 4.69) is 4.18 Å². The average Bonchev–Trinajstić information content (AvgIpc) is 2.32. The van der Waals surface area contributed by atoms with Crippen molar-refractivity contribution in [3.63, 3.8) is 0 Å². The van der Waals surface area contributed by atoms with E-state index in [4.69, 9.17) is 4.55 Å². The second-order valence-corrected chi connectivity index (χ2v) is 3.27. The molecule has 4 nitrogen and oxygen atoms in total. The van der Waals surface area contributed by atoms with E-state index in [1.54, 1.807) is 30.3 Å². The summed E-state index contributed by atoms with van der Waals surface area (Å²) in [6.07, 6.45) is 0. The van der Waals surface area contributed by atoms with E-state index in [-0.39, 0.29) is 6.61 Å². The summed E-state index contributed by atoms with van der Waals surface area (Å²) in [6, 6.07) is 8.71. The summed E-state index contributed by atoms with van der Waals surface area (Å²) in [6.45, 7) is 7.86. The maximum absolute atomic E-state index is 10.1. The van der Waals surface area contributed by atoms with Crippen molar-refractivity contribution in [2.24, 2.45) is 0 Å². The highest BCUT2D eigenvalue weighted by Gasteiger charge is 2.03. The predicted molar refractivity (Wildman–Crippen MR) is 65.5 cm³/mol. The molecule has 1 rings (SSSR count). The number of hydrogen-bond donors (Lipinski definition) is 1. The van der Waals surface area contributed by atoms with Crippen LogP contribution in [0.5, 0.6) is 0 Å². The first-order valence-corrected chi connectivity index (χ1v) is 6.60. The zero-order valence-corrected chi connectivity index (χ0v) is 11.0. The summed E-state index contributed by atoms with van der Waals surface area (Å²) >= 11 is 0. The fourth-order valence-electron chi connectivity index (χ4n) is 0.717. The molecule has 1 N–H and O–H groups in total. The van der Waals surface area contributed by atoms with Crippen LogP contribution >= 0.6 is 0 Å². The van der Waals surface area contributed by atoms with Gasteiger partial charge in [-0.1, -0.05) is 58.0 Å². The third kappa shape index (κ3) is 11.2. The maximum Gasteiger partial charge on any atom is 0.397 e. The number of hydrogen-bond acceptors (Lipinski definition) is 3. The van der Waals surface area contributed by atoms with Gasteiger partial charge in [0, 0.05) is 0 Å². The fourth-order valence-corrected chi connectivity index (χ4v) is 1.00. The molecule has 0 saturated heterocycles. The third-order valence-corrected chi connectivity index (χ3v) is 1.63. The predicted octanol–water partition coefficient (Wildman–Crippen LogP) is 3.06. The summed E-state index contributed by atoms with van der Waals surface area (Å²) in [5.41, 5.74) is 0.690. The molecular weight excluding hydrogens is 228 g/mol. The van der Waals surface area contributed by atoms with E-state index in [1.807, 2.05) is 27.7 Å². The van der Waals surface area contributed by atoms with Gasteiger partial charge in [0.25, 0.3) is 0 Å². The Morgan fingerprint density at radius 1 is 1.06 bits per heavy atom. The molecule has 0 radical (unpaired) electrons. The van der Waals surface area contributed by atoms with Crippen molar-refractivity contribution in [3.05, 3.63) is 35.9 Å². The van der Waals surface area contributed by atoms with Gasteiger partial charge in [-0.3, -0.25) is 4.55 Å².